The van der Waals surface area contributed by atoms with Crippen molar-refractivity contribution in [2.75, 3.05) is 26.8 Å². The predicted octanol–water partition coefficient (Wildman–Crippen LogP) is 2.02. The summed E-state index contributed by atoms with van der Waals surface area (Å²) in [4.78, 5) is 2.75. The molecule has 0 aromatic heterocycles. The van der Waals surface area contributed by atoms with E-state index in [0.717, 1.165) is 37.3 Å². The van der Waals surface area contributed by atoms with Crippen LogP contribution in [0.25, 0.3) is 0 Å². The molecule has 104 valence electrons. The standard InChI is InChI=1S/C15H28N2O/c1-16-13-9-14-3-2-4-15(10-13)17(14)7-8-18-11-12-5-6-12/h12-16H,2-11H2,1H3. The van der Waals surface area contributed by atoms with Crippen LogP contribution in [0, 0.1) is 5.92 Å². The molecule has 0 radical (unpaired) electrons. The van der Waals surface area contributed by atoms with Crippen LogP contribution >= 0.6 is 0 Å². The van der Waals surface area contributed by atoms with E-state index in [2.05, 4.69) is 17.3 Å². The summed E-state index contributed by atoms with van der Waals surface area (Å²) in [5, 5.41) is 3.49. The minimum atomic E-state index is 0.754. The number of piperidine rings is 2. The van der Waals surface area contributed by atoms with E-state index in [-0.39, 0.29) is 0 Å². The molecular weight excluding hydrogens is 224 g/mol. The second kappa shape index (κ2) is 5.89. The first-order chi connectivity index (χ1) is 8.86. The van der Waals surface area contributed by atoms with Crippen LogP contribution < -0.4 is 5.32 Å². The molecule has 3 rings (SSSR count). The molecule has 3 heteroatoms. The lowest BCUT2D eigenvalue weighted by molar-refractivity contribution is -0.000916. The van der Waals surface area contributed by atoms with Crippen molar-refractivity contribution in [3.8, 4) is 0 Å². The van der Waals surface area contributed by atoms with Crippen molar-refractivity contribution >= 4 is 0 Å². The number of nitrogens with zero attached hydrogens (tertiary/aromatic N) is 1. The van der Waals surface area contributed by atoms with E-state index >= 15 is 0 Å². The fourth-order valence-corrected chi connectivity index (χ4v) is 3.78. The molecule has 0 amide bonds. The Kier molecular flexibility index (Phi) is 4.22. The van der Waals surface area contributed by atoms with Crippen LogP contribution in [-0.2, 0) is 4.74 Å². The summed E-state index contributed by atoms with van der Waals surface area (Å²) in [7, 11) is 2.12. The van der Waals surface area contributed by atoms with Gasteiger partial charge in [0.05, 0.1) is 6.61 Å². The highest BCUT2D eigenvalue weighted by molar-refractivity contribution is 4.94. The third-order valence-corrected chi connectivity index (χ3v) is 5.08. The molecule has 2 heterocycles. The minimum Gasteiger partial charge on any atom is -0.380 e. The van der Waals surface area contributed by atoms with Crippen LogP contribution in [0.4, 0.5) is 0 Å². The van der Waals surface area contributed by atoms with E-state index in [1.807, 2.05) is 0 Å². The highest BCUT2D eigenvalue weighted by atomic mass is 16.5. The molecule has 1 aliphatic carbocycles. The number of nitrogens with one attached hydrogen (secondary N) is 1. The van der Waals surface area contributed by atoms with Crippen molar-refractivity contribution in [2.45, 2.75) is 63.1 Å². The maximum atomic E-state index is 5.82. The Morgan fingerprint density at radius 2 is 1.83 bits per heavy atom. The monoisotopic (exact) mass is 252 g/mol. The van der Waals surface area contributed by atoms with Crippen LogP contribution in [0.3, 0.4) is 0 Å². The molecule has 1 saturated carbocycles. The van der Waals surface area contributed by atoms with Crippen molar-refractivity contribution in [3.05, 3.63) is 0 Å². The van der Waals surface area contributed by atoms with Gasteiger partial charge in [-0.05, 0) is 51.5 Å². The smallest absolute Gasteiger partial charge is 0.0593 e. The van der Waals surface area contributed by atoms with E-state index in [1.165, 1.54) is 51.5 Å². The summed E-state index contributed by atoms with van der Waals surface area (Å²) in [6.45, 7) is 3.13. The Morgan fingerprint density at radius 1 is 1.11 bits per heavy atom. The zero-order chi connectivity index (χ0) is 12.4. The van der Waals surface area contributed by atoms with Gasteiger partial charge in [-0.25, -0.2) is 0 Å². The zero-order valence-corrected chi connectivity index (χ0v) is 11.7. The molecule has 2 bridgehead atoms. The fraction of sp³-hybridized carbons (Fsp3) is 1.00. The SMILES string of the molecule is CNC1CC2CCCC(C1)N2CCOCC1CC1. The lowest BCUT2D eigenvalue weighted by atomic mass is 9.82. The molecule has 1 N–H and O–H groups in total. The third-order valence-electron chi connectivity index (χ3n) is 5.08. The van der Waals surface area contributed by atoms with Crippen molar-refractivity contribution in [1.29, 1.82) is 0 Å². The molecule has 3 nitrogen and oxygen atoms in total. The van der Waals surface area contributed by atoms with Gasteiger partial charge in [0, 0.05) is 31.3 Å². The van der Waals surface area contributed by atoms with Crippen LogP contribution in [-0.4, -0.2) is 49.8 Å². The second-order valence-electron chi connectivity index (χ2n) is 6.45. The van der Waals surface area contributed by atoms with Crippen LogP contribution in [0.1, 0.15) is 44.9 Å². The molecule has 0 aromatic carbocycles. The highest BCUT2D eigenvalue weighted by Crippen LogP contribution is 2.34. The van der Waals surface area contributed by atoms with Gasteiger partial charge in [0.15, 0.2) is 0 Å². The molecule has 3 fully saturated rings. The zero-order valence-electron chi connectivity index (χ0n) is 11.7. The largest absolute Gasteiger partial charge is 0.380 e. The quantitative estimate of drug-likeness (QED) is 0.732. The molecule has 2 aliphatic heterocycles. The molecular formula is C15H28N2O. The number of rotatable bonds is 6. The summed E-state index contributed by atoms with van der Waals surface area (Å²) in [6.07, 6.45) is 9.72. The first kappa shape index (κ1) is 12.9. The Bertz CT molecular complexity index is 253. The Hall–Kier alpha value is -0.120. The summed E-state index contributed by atoms with van der Waals surface area (Å²) in [5.41, 5.74) is 0. The fourth-order valence-electron chi connectivity index (χ4n) is 3.78. The van der Waals surface area contributed by atoms with Gasteiger partial charge in [-0.1, -0.05) is 6.42 Å². The first-order valence-electron chi connectivity index (χ1n) is 7.87. The first-order valence-corrected chi connectivity index (χ1v) is 7.87. The van der Waals surface area contributed by atoms with Gasteiger partial charge >= 0.3 is 0 Å². The molecule has 2 unspecified atom stereocenters. The van der Waals surface area contributed by atoms with E-state index in [0.29, 0.717) is 0 Å². The lowest BCUT2D eigenvalue weighted by Gasteiger charge is -2.49. The van der Waals surface area contributed by atoms with Gasteiger partial charge in [-0.3, -0.25) is 4.90 Å². The van der Waals surface area contributed by atoms with Crippen LogP contribution in [0.5, 0.6) is 0 Å². The third kappa shape index (κ3) is 3.06. The molecule has 18 heavy (non-hydrogen) atoms. The van der Waals surface area contributed by atoms with Gasteiger partial charge in [-0.2, -0.15) is 0 Å². The van der Waals surface area contributed by atoms with E-state index in [4.69, 9.17) is 4.74 Å². The average Bonchev–Trinajstić information content (AvgIpc) is 3.17. The normalized spacial score (nSPS) is 36.8. The molecule has 3 aliphatic rings. The van der Waals surface area contributed by atoms with Crippen molar-refractivity contribution in [2.24, 2.45) is 5.92 Å². The number of ether oxygens (including phenoxy) is 1. The van der Waals surface area contributed by atoms with Gasteiger partial charge in [-0.15, -0.1) is 0 Å². The molecule has 2 saturated heterocycles. The lowest BCUT2D eigenvalue weighted by Crippen LogP contribution is -2.56. The number of hydrogen-bond donors (Lipinski definition) is 1. The molecule has 0 spiro atoms. The van der Waals surface area contributed by atoms with Gasteiger partial charge in [0.1, 0.15) is 0 Å². The van der Waals surface area contributed by atoms with E-state index < -0.39 is 0 Å². The Morgan fingerprint density at radius 3 is 2.44 bits per heavy atom. The second-order valence-corrected chi connectivity index (χ2v) is 6.45. The predicted molar refractivity (Wildman–Crippen MR) is 73.8 cm³/mol. The summed E-state index contributed by atoms with van der Waals surface area (Å²) < 4.78 is 5.82. The molecule has 0 aromatic rings. The van der Waals surface area contributed by atoms with Crippen molar-refractivity contribution in [1.82, 2.24) is 10.2 Å². The average molecular weight is 252 g/mol. The van der Waals surface area contributed by atoms with E-state index in [1.54, 1.807) is 0 Å². The van der Waals surface area contributed by atoms with Gasteiger partial charge < -0.3 is 10.1 Å². The van der Waals surface area contributed by atoms with E-state index in [9.17, 15) is 0 Å². The van der Waals surface area contributed by atoms with Gasteiger partial charge in [0.25, 0.3) is 0 Å². The topological polar surface area (TPSA) is 24.5 Å². The van der Waals surface area contributed by atoms with Crippen LogP contribution in [0.2, 0.25) is 0 Å². The summed E-state index contributed by atoms with van der Waals surface area (Å²) in [5.74, 6) is 0.902. The Balaban J connectivity index is 1.45. The Labute approximate surface area is 111 Å². The maximum Gasteiger partial charge on any atom is 0.0593 e. The van der Waals surface area contributed by atoms with Crippen molar-refractivity contribution in [3.63, 3.8) is 0 Å². The maximum absolute atomic E-state index is 5.82. The van der Waals surface area contributed by atoms with Crippen LogP contribution in [0.15, 0.2) is 0 Å². The number of fused-ring (bicyclic) bond motifs is 2. The van der Waals surface area contributed by atoms with Gasteiger partial charge in [0.2, 0.25) is 0 Å². The number of hydrogen-bond acceptors (Lipinski definition) is 3. The summed E-state index contributed by atoms with van der Waals surface area (Å²) >= 11 is 0. The minimum absolute atomic E-state index is 0.754. The van der Waals surface area contributed by atoms with Crippen molar-refractivity contribution < 1.29 is 4.74 Å². The highest BCUT2D eigenvalue weighted by Gasteiger charge is 2.37. The molecule has 2 atom stereocenters. The summed E-state index contributed by atoms with van der Waals surface area (Å²) in [6, 6.07) is 2.39.